The van der Waals surface area contributed by atoms with Gasteiger partial charge in [-0.2, -0.15) is 11.8 Å². The van der Waals surface area contributed by atoms with Gasteiger partial charge in [0, 0.05) is 38.2 Å². The van der Waals surface area contributed by atoms with E-state index < -0.39 is 12.2 Å². The summed E-state index contributed by atoms with van der Waals surface area (Å²) in [4.78, 5) is 23.5. The van der Waals surface area contributed by atoms with Gasteiger partial charge in [-0.05, 0) is 35.5 Å². The van der Waals surface area contributed by atoms with E-state index in [9.17, 15) is 19.8 Å². The van der Waals surface area contributed by atoms with Crippen molar-refractivity contribution in [2.24, 2.45) is 11.8 Å². The average molecular weight is 451 g/mol. The molecule has 172 valence electrons. The van der Waals surface area contributed by atoms with Crippen molar-refractivity contribution in [3.63, 3.8) is 0 Å². The van der Waals surface area contributed by atoms with Crippen LogP contribution in [0.3, 0.4) is 0 Å². The van der Waals surface area contributed by atoms with E-state index in [0.717, 1.165) is 29.1 Å². The number of thioether (sulfide) groups is 1. The molecule has 1 aliphatic rings. The molecule has 0 spiro atoms. The first-order valence-electron chi connectivity index (χ1n) is 10.7. The fourth-order valence-corrected chi connectivity index (χ4v) is 4.88. The van der Waals surface area contributed by atoms with Gasteiger partial charge in [-0.25, -0.2) is 0 Å². The summed E-state index contributed by atoms with van der Waals surface area (Å²) in [5.74, 6) is 1.01. The molecule has 1 aromatic carbocycles. The van der Waals surface area contributed by atoms with Crippen LogP contribution in [0.4, 0.5) is 0 Å². The van der Waals surface area contributed by atoms with Crippen LogP contribution in [0.15, 0.2) is 36.4 Å². The third kappa shape index (κ3) is 8.77. The van der Waals surface area contributed by atoms with Gasteiger partial charge in [-0.1, -0.05) is 36.4 Å². The minimum absolute atomic E-state index is 0.0825. The Morgan fingerprint density at radius 2 is 2.06 bits per heavy atom. The number of hydrogen-bond donors (Lipinski definition) is 2. The number of carbonyl (C=O) groups is 2. The smallest absolute Gasteiger partial charge is 0.305 e. The first-order chi connectivity index (χ1) is 14.9. The van der Waals surface area contributed by atoms with Gasteiger partial charge in [0.2, 0.25) is 0 Å². The van der Waals surface area contributed by atoms with Gasteiger partial charge in [-0.3, -0.25) is 9.59 Å². The second-order valence-corrected chi connectivity index (χ2v) is 9.14. The minimum atomic E-state index is -0.699. The normalized spacial score (nSPS) is 22.2. The predicted molar refractivity (Wildman–Crippen MR) is 122 cm³/mol. The fraction of sp³-hybridized carbons (Fsp3) is 0.583. The second-order valence-electron chi connectivity index (χ2n) is 7.91. The minimum Gasteiger partial charge on any atom is -0.469 e. The van der Waals surface area contributed by atoms with E-state index >= 15 is 0 Å². The molecule has 0 unspecified atom stereocenters. The van der Waals surface area contributed by atoms with E-state index in [2.05, 4.69) is 4.74 Å². The Balaban J connectivity index is 1.83. The molecule has 1 aromatic rings. The van der Waals surface area contributed by atoms with E-state index in [-0.39, 0.29) is 30.0 Å². The molecule has 2 N–H and O–H groups in total. The topological polar surface area (TPSA) is 93.1 Å². The van der Waals surface area contributed by atoms with Crippen LogP contribution in [-0.2, 0) is 32.1 Å². The predicted octanol–water partition coefficient (Wildman–Crippen LogP) is 2.94. The van der Waals surface area contributed by atoms with Crippen LogP contribution in [0.25, 0.3) is 0 Å². The highest BCUT2D eigenvalue weighted by atomic mass is 32.2. The molecule has 0 heterocycles. The molecule has 0 bridgehead atoms. The molecule has 4 atom stereocenters. The zero-order valence-electron chi connectivity index (χ0n) is 18.4. The van der Waals surface area contributed by atoms with Gasteiger partial charge >= 0.3 is 5.97 Å². The standard InChI is InChI=1S/C24H34O6S/c1-29-16-18-6-3-5-17(13-18)14-19(25)8-9-20-21(23(27)15-22(20)26)10-12-31-11-4-7-24(28)30-2/h3,5-6,8-9,13,19-22,25-26H,4,7,10-12,14-16H2,1-2H3/b9-8+/t19-,20+,21-,22-/m1/s1. The maximum absolute atomic E-state index is 12.3. The number of aliphatic hydroxyl groups excluding tert-OH is 2. The van der Waals surface area contributed by atoms with Gasteiger partial charge in [0.05, 0.1) is 25.9 Å². The molecule has 0 radical (unpaired) electrons. The highest BCUT2D eigenvalue weighted by Gasteiger charge is 2.39. The molecule has 6 nitrogen and oxygen atoms in total. The van der Waals surface area contributed by atoms with E-state index in [4.69, 9.17) is 4.74 Å². The van der Waals surface area contributed by atoms with Crippen molar-refractivity contribution in [3.05, 3.63) is 47.5 Å². The summed E-state index contributed by atoms with van der Waals surface area (Å²) in [6.07, 6.45) is 4.60. The molecule has 1 saturated carbocycles. The lowest BCUT2D eigenvalue weighted by Gasteiger charge is -2.18. The number of ether oxygens (including phenoxy) is 2. The number of methoxy groups -OCH3 is 2. The van der Waals surface area contributed by atoms with Crippen LogP contribution in [0.2, 0.25) is 0 Å². The van der Waals surface area contributed by atoms with Crippen LogP contribution in [0.5, 0.6) is 0 Å². The van der Waals surface area contributed by atoms with Crippen molar-refractivity contribution in [3.8, 4) is 0 Å². The summed E-state index contributed by atoms with van der Waals surface area (Å²) < 4.78 is 9.77. The van der Waals surface area contributed by atoms with Crippen LogP contribution in [-0.4, -0.2) is 59.9 Å². The van der Waals surface area contributed by atoms with Crippen LogP contribution >= 0.6 is 11.8 Å². The van der Waals surface area contributed by atoms with Crippen LogP contribution in [0.1, 0.15) is 36.8 Å². The monoisotopic (exact) mass is 450 g/mol. The SMILES string of the molecule is COCc1cccc(C[C@H](O)/C=C/[C@@H]2[C@H](O)CC(=O)[C@@H]2CCSCCCC(=O)OC)c1. The average Bonchev–Trinajstić information content (AvgIpc) is 3.01. The molecule has 31 heavy (non-hydrogen) atoms. The molecule has 2 rings (SSSR count). The van der Waals surface area contributed by atoms with E-state index in [1.807, 2.05) is 30.3 Å². The van der Waals surface area contributed by atoms with E-state index in [0.29, 0.717) is 25.9 Å². The summed E-state index contributed by atoms with van der Waals surface area (Å²) in [5.41, 5.74) is 2.06. The summed E-state index contributed by atoms with van der Waals surface area (Å²) in [6, 6.07) is 7.89. The molecule has 0 aromatic heterocycles. The van der Waals surface area contributed by atoms with Crippen molar-refractivity contribution in [1.29, 1.82) is 0 Å². The lowest BCUT2D eigenvalue weighted by Crippen LogP contribution is -2.20. The second kappa shape index (κ2) is 13.7. The molecule has 0 amide bonds. The van der Waals surface area contributed by atoms with Gasteiger partial charge < -0.3 is 19.7 Å². The molecule has 0 aliphatic heterocycles. The summed E-state index contributed by atoms with van der Waals surface area (Å²) in [7, 11) is 3.03. The van der Waals surface area contributed by atoms with Gasteiger partial charge in [0.25, 0.3) is 0 Å². The Kier molecular flexibility index (Phi) is 11.3. The van der Waals surface area contributed by atoms with Crippen molar-refractivity contribution in [2.75, 3.05) is 25.7 Å². The Morgan fingerprint density at radius 1 is 1.29 bits per heavy atom. The summed E-state index contributed by atoms with van der Waals surface area (Å²) >= 11 is 1.70. The summed E-state index contributed by atoms with van der Waals surface area (Å²) in [5, 5.41) is 20.8. The van der Waals surface area contributed by atoms with Gasteiger partial charge in [0.1, 0.15) is 5.78 Å². The van der Waals surface area contributed by atoms with Gasteiger partial charge in [0.15, 0.2) is 0 Å². The van der Waals surface area contributed by atoms with E-state index in [1.54, 1.807) is 24.9 Å². The highest BCUT2D eigenvalue weighted by Crippen LogP contribution is 2.34. The fourth-order valence-electron chi connectivity index (χ4n) is 3.90. The number of aliphatic hydroxyl groups is 2. The third-order valence-corrected chi connectivity index (χ3v) is 6.61. The number of carbonyl (C=O) groups excluding carboxylic acids is 2. The molecule has 7 heteroatoms. The van der Waals surface area contributed by atoms with Crippen molar-refractivity contribution in [1.82, 2.24) is 0 Å². The number of ketones is 1. The quantitative estimate of drug-likeness (QED) is 0.271. The first kappa shape index (κ1) is 25.6. The number of Topliss-reactive ketones (excluding diaryl/α,β-unsaturated/α-hetero) is 1. The third-order valence-electron chi connectivity index (χ3n) is 5.51. The van der Waals surface area contributed by atoms with Crippen LogP contribution in [0, 0.1) is 11.8 Å². The van der Waals surface area contributed by atoms with Crippen molar-refractivity contribution < 1.29 is 29.3 Å². The Labute approximate surface area is 189 Å². The maximum Gasteiger partial charge on any atom is 0.305 e. The Morgan fingerprint density at radius 3 is 2.81 bits per heavy atom. The molecular weight excluding hydrogens is 416 g/mol. The number of benzene rings is 1. The molecule has 0 saturated heterocycles. The first-order valence-corrected chi connectivity index (χ1v) is 11.9. The molecule has 1 aliphatic carbocycles. The van der Waals surface area contributed by atoms with E-state index in [1.165, 1.54) is 7.11 Å². The summed E-state index contributed by atoms with van der Waals surface area (Å²) in [6.45, 7) is 0.526. The van der Waals surface area contributed by atoms with Crippen LogP contribution < -0.4 is 0 Å². The number of rotatable bonds is 13. The molecular formula is C24H34O6S. The largest absolute Gasteiger partial charge is 0.469 e. The maximum atomic E-state index is 12.3. The van der Waals surface area contributed by atoms with Crippen molar-refractivity contribution >= 4 is 23.5 Å². The Hall–Kier alpha value is -1.67. The zero-order chi connectivity index (χ0) is 22.6. The molecule has 1 fully saturated rings. The number of hydrogen-bond acceptors (Lipinski definition) is 7. The lowest BCUT2D eigenvalue weighted by atomic mass is 9.91. The zero-order valence-corrected chi connectivity index (χ0v) is 19.2. The van der Waals surface area contributed by atoms with Crippen molar-refractivity contribution in [2.45, 2.75) is 50.9 Å². The Bertz CT molecular complexity index is 735. The highest BCUT2D eigenvalue weighted by molar-refractivity contribution is 7.99. The number of esters is 1. The van der Waals surface area contributed by atoms with Gasteiger partial charge in [-0.15, -0.1) is 0 Å². The lowest BCUT2D eigenvalue weighted by molar-refractivity contribution is -0.140.